The van der Waals surface area contributed by atoms with Gasteiger partial charge in [0.05, 0.1) is 6.42 Å². The lowest BCUT2D eigenvalue weighted by Gasteiger charge is -2.06. The lowest BCUT2D eigenvalue weighted by Crippen LogP contribution is -2.03. The molecule has 1 aliphatic rings. The molecule has 3 nitrogen and oxygen atoms in total. The fourth-order valence-electron chi connectivity index (χ4n) is 2.64. The smallest absolute Gasteiger partial charge is 0.228 e. The molecule has 1 heterocycles. The molecule has 3 heteroatoms. The normalized spacial score (nSPS) is 13.0. The number of amides is 1. The molecule has 2 aromatic rings. The molecule has 1 amide bonds. The number of nitrogens with one attached hydrogen (secondary N) is 1. The van der Waals surface area contributed by atoms with Gasteiger partial charge in [-0.3, -0.25) is 9.59 Å². The number of hydrogen-bond acceptors (Lipinski definition) is 2. The molecular weight excluding hydrogens is 250 g/mol. The molecule has 100 valence electrons. The quantitative estimate of drug-likeness (QED) is 0.848. The number of aryl methyl sites for hydroxylation is 2. The van der Waals surface area contributed by atoms with E-state index >= 15 is 0 Å². The van der Waals surface area contributed by atoms with Gasteiger partial charge < -0.3 is 5.32 Å². The zero-order valence-electron chi connectivity index (χ0n) is 11.5. The van der Waals surface area contributed by atoms with Crippen molar-refractivity contribution in [2.45, 2.75) is 20.3 Å². The zero-order valence-corrected chi connectivity index (χ0v) is 11.5. The Morgan fingerprint density at radius 1 is 1.00 bits per heavy atom. The second-order valence-electron chi connectivity index (χ2n) is 5.30. The van der Waals surface area contributed by atoms with Crippen LogP contribution in [0.1, 0.15) is 32.6 Å². The molecule has 0 bridgehead atoms. The largest absolute Gasteiger partial charge is 0.326 e. The Morgan fingerprint density at radius 3 is 2.40 bits per heavy atom. The Morgan fingerprint density at radius 2 is 1.70 bits per heavy atom. The molecule has 3 rings (SSSR count). The Hall–Kier alpha value is -2.42. The average molecular weight is 265 g/mol. The van der Waals surface area contributed by atoms with Crippen LogP contribution < -0.4 is 5.32 Å². The first-order valence-electron chi connectivity index (χ1n) is 6.59. The SMILES string of the molecule is Cc1cc(C)cc(C(=O)c2ccc3c(c2)CC(=O)N3)c1. The van der Waals surface area contributed by atoms with Gasteiger partial charge in [-0.15, -0.1) is 0 Å². The summed E-state index contributed by atoms with van der Waals surface area (Å²) >= 11 is 0. The molecule has 0 unspecified atom stereocenters. The molecule has 20 heavy (non-hydrogen) atoms. The lowest BCUT2D eigenvalue weighted by molar-refractivity contribution is -0.115. The minimum atomic E-state index is -0.0176. The van der Waals surface area contributed by atoms with Crippen LogP contribution >= 0.6 is 0 Å². The molecule has 0 aromatic heterocycles. The van der Waals surface area contributed by atoms with Gasteiger partial charge in [0.2, 0.25) is 5.91 Å². The summed E-state index contributed by atoms with van der Waals surface area (Å²) < 4.78 is 0. The van der Waals surface area contributed by atoms with Gasteiger partial charge in [0, 0.05) is 16.8 Å². The van der Waals surface area contributed by atoms with Crippen molar-refractivity contribution >= 4 is 17.4 Å². The number of hydrogen-bond donors (Lipinski definition) is 1. The van der Waals surface area contributed by atoms with Crippen molar-refractivity contribution in [2.24, 2.45) is 0 Å². The minimum absolute atomic E-state index is 0.000973. The Kier molecular flexibility index (Phi) is 2.90. The van der Waals surface area contributed by atoms with E-state index in [1.807, 2.05) is 38.1 Å². The Balaban J connectivity index is 1.99. The van der Waals surface area contributed by atoms with Crippen LogP contribution in [0, 0.1) is 13.8 Å². The molecule has 0 aliphatic carbocycles. The van der Waals surface area contributed by atoms with E-state index in [1.165, 1.54) is 0 Å². The van der Waals surface area contributed by atoms with Crippen LogP contribution in [0.2, 0.25) is 0 Å². The van der Waals surface area contributed by atoms with Gasteiger partial charge in [0.25, 0.3) is 0 Å². The maximum Gasteiger partial charge on any atom is 0.228 e. The molecule has 0 saturated carbocycles. The van der Waals surface area contributed by atoms with Gasteiger partial charge in [-0.25, -0.2) is 0 Å². The summed E-state index contributed by atoms with van der Waals surface area (Å²) in [5, 5.41) is 2.77. The monoisotopic (exact) mass is 265 g/mol. The summed E-state index contributed by atoms with van der Waals surface area (Å²) in [5.74, 6) is -0.0186. The third-order valence-corrected chi connectivity index (χ3v) is 3.48. The molecule has 2 aromatic carbocycles. The number of carbonyl (C=O) groups excluding carboxylic acids is 2. The van der Waals surface area contributed by atoms with Crippen molar-refractivity contribution in [3.05, 3.63) is 64.2 Å². The predicted molar refractivity (Wildman–Crippen MR) is 78.1 cm³/mol. The van der Waals surface area contributed by atoms with E-state index in [1.54, 1.807) is 12.1 Å². The van der Waals surface area contributed by atoms with E-state index < -0.39 is 0 Å². The minimum Gasteiger partial charge on any atom is -0.326 e. The van der Waals surface area contributed by atoms with Crippen LogP contribution in [-0.2, 0) is 11.2 Å². The predicted octanol–water partition coefficient (Wildman–Crippen LogP) is 3.03. The summed E-state index contributed by atoms with van der Waals surface area (Å²) in [6.07, 6.45) is 0.350. The zero-order chi connectivity index (χ0) is 14.3. The standard InChI is InChI=1S/C17H15NO2/c1-10-5-11(2)7-14(6-10)17(20)12-3-4-15-13(8-12)9-16(19)18-15/h3-8H,9H2,1-2H3,(H,18,19). The van der Waals surface area contributed by atoms with Gasteiger partial charge in [0.1, 0.15) is 0 Å². The van der Waals surface area contributed by atoms with Crippen molar-refractivity contribution in [2.75, 3.05) is 5.32 Å². The van der Waals surface area contributed by atoms with E-state index in [0.29, 0.717) is 17.5 Å². The van der Waals surface area contributed by atoms with E-state index in [9.17, 15) is 9.59 Å². The Bertz CT molecular complexity index is 712. The first-order chi connectivity index (χ1) is 9.52. The highest BCUT2D eigenvalue weighted by atomic mass is 16.1. The van der Waals surface area contributed by atoms with Crippen LogP contribution in [0.4, 0.5) is 5.69 Å². The average Bonchev–Trinajstić information content (AvgIpc) is 2.75. The number of rotatable bonds is 2. The number of ketones is 1. The second-order valence-corrected chi connectivity index (χ2v) is 5.30. The highest BCUT2D eigenvalue weighted by molar-refractivity contribution is 6.10. The topological polar surface area (TPSA) is 46.2 Å². The van der Waals surface area contributed by atoms with Gasteiger partial charge >= 0.3 is 0 Å². The van der Waals surface area contributed by atoms with E-state index in [4.69, 9.17) is 0 Å². The first-order valence-corrected chi connectivity index (χ1v) is 6.59. The van der Waals surface area contributed by atoms with Gasteiger partial charge in [-0.2, -0.15) is 0 Å². The molecule has 0 saturated heterocycles. The number of fused-ring (bicyclic) bond motifs is 1. The van der Waals surface area contributed by atoms with Gasteiger partial charge in [0.15, 0.2) is 5.78 Å². The molecule has 0 fully saturated rings. The lowest BCUT2D eigenvalue weighted by atomic mass is 9.97. The van der Waals surface area contributed by atoms with Crippen LogP contribution in [-0.4, -0.2) is 11.7 Å². The maximum absolute atomic E-state index is 12.5. The van der Waals surface area contributed by atoms with E-state index in [-0.39, 0.29) is 11.7 Å². The van der Waals surface area contributed by atoms with Crippen molar-refractivity contribution in [1.82, 2.24) is 0 Å². The van der Waals surface area contributed by atoms with Crippen molar-refractivity contribution in [3.8, 4) is 0 Å². The first kappa shape index (κ1) is 12.6. The van der Waals surface area contributed by atoms with E-state index in [2.05, 4.69) is 5.32 Å². The fourth-order valence-corrected chi connectivity index (χ4v) is 2.64. The van der Waals surface area contributed by atoms with Crippen molar-refractivity contribution < 1.29 is 9.59 Å². The van der Waals surface area contributed by atoms with Crippen LogP contribution in [0.15, 0.2) is 36.4 Å². The number of carbonyl (C=O) groups is 2. The maximum atomic E-state index is 12.5. The highest BCUT2D eigenvalue weighted by Gasteiger charge is 2.19. The fraction of sp³-hybridized carbons (Fsp3) is 0.176. The number of benzene rings is 2. The molecule has 0 spiro atoms. The van der Waals surface area contributed by atoms with E-state index in [0.717, 1.165) is 22.4 Å². The third-order valence-electron chi connectivity index (χ3n) is 3.48. The third kappa shape index (κ3) is 2.23. The molecule has 1 aliphatic heterocycles. The van der Waals surface area contributed by atoms with Gasteiger partial charge in [-0.05, 0) is 49.7 Å². The van der Waals surface area contributed by atoms with Crippen molar-refractivity contribution in [1.29, 1.82) is 0 Å². The van der Waals surface area contributed by atoms with Crippen LogP contribution in [0.25, 0.3) is 0 Å². The summed E-state index contributed by atoms with van der Waals surface area (Å²) in [4.78, 5) is 23.9. The molecular formula is C17H15NO2. The summed E-state index contributed by atoms with van der Waals surface area (Å²) in [5.41, 5.74) is 5.18. The molecule has 1 N–H and O–H groups in total. The van der Waals surface area contributed by atoms with Crippen molar-refractivity contribution in [3.63, 3.8) is 0 Å². The Labute approximate surface area is 117 Å². The molecule has 0 atom stereocenters. The van der Waals surface area contributed by atoms with Gasteiger partial charge in [-0.1, -0.05) is 17.2 Å². The second kappa shape index (κ2) is 4.60. The number of anilines is 1. The summed E-state index contributed by atoms with van der Waals surface area (Å²) in [6, 6.07) is 11.2. The molecule has 0 radical (unpaired) electrons. The summed E-state index contributed by atoms with van der Waals surface area (Å²) in [7, 11) is 0. The van der Waals surface area contributed by atoms with Crippen LogP contribution in [0.5, 0.6) is 0 Å². The van der Waals surface area contributed by atoms with Crippen LogP contribution in [0.3, 0.4) is 0 Å². The highest BCUT2D eigenvalue weighted by Crippen LogP contribution is 2.25. The summed E-state index contributed by atoms with van der Waals surface area (Å²) in [6.45, 7) is 3.96.